The van der Waals surface area contributed by atoms with Crippen LogP contribution in [-0.4, -0.2) is 22.1 Å². The third kappa shape index (κ3) is 3.45. The van der Waals surface area contributed by atoms with Crippen molar-refractivity contribution in [1.29, 1.82) is 0 Å². The molecule has 0 saturated heterocycles. The number of rotatable bonds is 4. The summed E-state index contributed by atoms with van der Waals surface area (Å²) in [5, 5.41) is 0.564. The van der Waals surface area contributed by atoms with E-state index in [9.17, 15) is 9.59 Å². The van der Waals surface area contributed by atoms with Gasteiger partial charge in [-0.1, -0.05) is 48.0 Å². The molecule has 0 saturated carbocycles. The number of aromatic nitrogens is 2. The van der Waals surface area contributed by atoms with Gasteiger partial charge in [0.1, 0.15) is 6.54 Å². The minimum absolute atomic E-state index is 0.0248. The van der Waals surface area contributed by atoms with Crippen molar-refractivity contribution in [3.8, 4) is 11.1 Å². The Labute approximate surface area is 185 Å². The highest BCUT2D eigenvalue weighted by molar-refractivity contribution is 6.30. The molecule has 31 heavy (non-hydrogen) atoms. The van der Waals surface area contributed by atoms with Gasteiger partial charge < -0.3 is 4.90 Å². The number of carbonyl (C=O) groups excluding carboxylic acids is 1. The molecule has 0 aliphatic carbocycles. The number of benzene rings is 3. The smallest absolute Gasteiger partial charge is 0.314 e. The average molecular weight is 432 g/mol. The van der Waals surface area contributed by atoms with E-state index in [2.05, 4.69) is 18.2 Å². The van der Waals surface area contributed by atoms with Gasteiger partial charge in [-0.15, -0.1) is 0 Å². The zero-order chi connectivity index (χ0) is 21.5. The number of hydrogen-bond acceptors (Lipinski definition) is 2. The minimum Gasteiger partial charge on any atom is -0.314 e. The molecule has 1 aromatic heterocycles. The van der Waals surface area contributed by atoms with E-state index >= 15 is 0 Å². The highest BCUT2D eigenvalue weighted by Gasteiger charge is 2.23. The maximum atomic E-state index is 13.2. The SMILES string of the molecule is CN(C(=O)Cn1c(=O)n2c3c(cc(-c4ccccc4)cc31)CCC2)c1cccc(Cl)c1. The van der Waals surface area contributed by atoms with Crippen LogP contribution >= 0.6 is 11.6 Å². The summed E-state index contributed by atoms with van der Waals surface area (Å²) in [6.07, 6.45) is 1.84. The van der Waals surface area contributed by atoms with Gasteiger partial charge in [0.2, 0.25) is 5.91 Å². The Morgan fingerprint density at radius 1 is 1.03 bits per heavy atom. The van der Waals surface area contributed by atoms with Crippen LogP contribution in [0.3, 0.4) is 0 Å². The van der Waals surface area contributed by atoms with Crippen molar-refractivity contribution >= 4 is 34.2 Å². The summed E-state index contributed by atoms with van der Waals surface area (Å²) in [5.74, 6) is -0.172. The molecule has 0 radical (unpaired) electrons. The second kappa shape index (κ2) is 7.75. The van der Waals surface area contributed by atoms with Crippen LogP contribution < -0.4 is 10.6 Å². The van der Waals surface area contributed by atoms with E-state index in [-0.39, 0.29) is 18.1 Å². The van der Waals surface area contributed by atoms with Crippen LogP contribution in [0.25, 0.3) is 22.2 Å². The number of aryl methyl sites for hydroxylation is 2. The maximum Gasteiger partial charge on any atom is 0.329 e. The van der Waals surface area contributed by atoms with Crippen LogP contribution in [0.5, 0.6) is 0 Å². The number of imidazole rings is 1. The fraction of sp³-hybridized carbons (Fsp3) is 0.200. The number of anilines is 1. The van der Waals surface area contributed by atoms with Crippen molar-refractivity contribution in [2.24, 2.45) is 0 Å². The van der Waals surface area contributed by atoms with Crippen LogP contribution in [0.15, 0.2) is 71.5 Å². The zero-order valence-corrected chi connectivity index (χ0v) is 18.0. The molecule has 1 aliphatic rings. The third-order valence-electron chi connectivity index (χ3n) is 5.99. The summed E-state index contributed by atoms with van der Waals surface area (Å²) >= 11 is 6.08. The summed E-state index contributed by atoms with van der Waals surface area (Å²) in [6.45, 7) is 0.654. The van der Waals surface area contributed by atoms with E-state index in [1.807, 2.05) is 34.9 Å². The van der Waals surface area contributed by atoms with Gasteiger partial charge in [-0.3, -0.25) is 13.9 Å². The lowest BCUT2D eigenvalue weighted by Gasteiger charge is -2.18. The van der Waals surface area contributed by atoms with Crippen molar-refractivity contribution < 1.29 is 4.79 Å². The van der Waals surface area contributed by atoms with Gasteiger partial charge in [0.25, 0.3) is 0 Å². The summed E-state index contributed by atoms with van der Waals surface area (Å²) < 4.78 is 3.43. The lowest BCUT2D eigenvalue weighted by molar-refractivity contribution is -0.118. The number of nitrogens with zero attached hydrogens (tertiary/aromatic N) is 3. The number of likely N-dealkylation sites (N-methyl/N-ethyl adjacent to an activating group) is 1. The fourth-order valence-electron chi connectivity index (χ4n) is 4.39. The monoisotopic (exact) mass is 431 g/mol. The van der Waals surface area contributed by atoms with E-state index in [0.717, 1.165) is 40.6 Å². The number of carbonyl (C=O) groups is 1. The topological polar surface area (TPSA) is 47.2 Å². The number of halogens is 1. The van der Waals surface area contributed by atoms with Crippen LogP contribution in [0.2, 0.25) is 5.02 Å². The third-order valence-corrected chi connectivity index (χ3v) is 6.22. The van der Waals surface area contributed by atoms with Crippen molar-refractivity contribution in [1.82, 2.24) is 9.13 Å². The molecular formula is C25H22ClN3O2. The number of amides is 1. The highest BCUT2D eigenvalue weighted by Crippen LogP contribution is 2.31. The van der Waals surface area contributed by atoms with E-state index in [4.69, 9.17) is 11.6 Å². The van der Waals surface area contributed by atoms with Gasteiger partial charge in [-0.05, 0) is 59.9 Å². The first-order valence-electron chi connectivity index (χ1n) is 10.4. The second-order valence-electron chi connectivity index (χ2n) is 7.93. The predicted molar refractivity (Wildman–Crippen MR) is 125 cm³/mol. The Balaban J connectivity index is 1.60. The predicted octanol–water partition coefficient (Wildman–Crippen LogP) is 4.73. The normalized spacial score (nSPS) is 12.8. The van der Waals surface area contributed by atoms with Gasteiger partial charge in [0, 0.05) is 24.3 Å². The molecule has 6 heteroatoms. The molecule has 3 aromatic carbocycles. The van der Waals surface area contributed by atoms with Crippen LogP contribution in [0.1, 0.15) is 12.0 Å². The Morgan fingerprint density at radius 3 is 2.61 bits per heavy atom. The Kier molecular flexibility index (Phi) is 4.91. The summed E-state index contributed by atoms with van der Waals surface area (Å²) in [5.41, 5.74) is 5.65. The van der Waals surface area contributed by atoms with Crippen molar-refractivity contribution in [2.75, 3.05) is 11.9 Å². The molecule has 0 spiro atoms. The second-order valence-corrected chi connectivity index (χ2v) is 8.36. The van der Waals surface area contributed by atoms with Crippen molar-refractivity contribution in [3.63, 3.8) is 0 Å². The van der Waals surface area contributed by atoms with Gasteiger partial charge in [-0.2, -0.15) is 0 Å². The van der Waals surface area contributed by atoms with Gasteiger partial charge >= 0.3 is 5.69 Å². The summed E-state index contributed by atoms with van der Waals surface area (Å²) in [7, 11) is 1.71. The standard InChI is InChI=1S/C25H22ClN3O2/c1-27(21-11-5-10-20(26)15-21)23(30)16-29-22-14-19(17-7-3-2-4-8-17)13-18-9-6-12-28(24(18)22)25(29)31/h2-5,7-8,10-11,13-15H,6,9,12,16H2,1H3. The van der Waals surface area contributed by atoms with Crippen LogP contribution in [-0.2, 0) is 24.3 Å². The summed E-state index contributed by atoms with van der Waals surface area (Å²) in [4.78, 5) is 27.9. The van der Waals surface area contributed by atoms with E-state index in [1.54, 1.807) is 34.7 Å². The van der Waals surface area contributed by atoms with Crippen molar-refractivity contribution in [3.05, 3.63) is 87.8 Å². The lowest BCUT2D eigenvalue weighted by atomic mass is 9.97. The van der Waals surface area contributed by atoms with Crippen LogP contribution in [0.4, 0.5) is 5.69 Å². The molecule has 2 heterocycles. The molecule has 0 atom stereocenters. The molecule has 0 unspecified atom stereocenters. The first-order valence-corrected chi connectivity index (χ1v) is 10.7. The Morgan fingerprint density at radius 2 is 1.84 bits per heavy atom. The molecule has 4 aromatic rings. The average Bonchev–Trinajstić information content (AvgIpc) is 3.06. The molecule has 5 rings (SSSR count). The van der Waals surface area contributed by atoms with E-state index < -0.39 is 0 Å². The minimum atomic E-state index is -0.172. The first kappa shape index (κ1) is 19.6. The molecule has 5 nitrogen and oxygen atoms in total. The first-order chi connectivity index (χ1) is 15.0. The molecule has 0 bridgehead atoms. The largest absolute Gasteiger partial charge is 0.329 e. The van der Waals surface area contributed by atoms with Gasteiger partial charge in [0.15, 0.2) is 0 Å². The number of hydrogen-bond donors (Lipinski definition) is 0. The molecule has 0 N–H and O–H groups in total. The lowest BCUT2D eigenvalue weighted by Crippen LogP contribution is -2.34. The fourth-order valence-corrected chi connectivity index (χ4v) is 4.57. The van der Waals surface area contributed by atoms with E-state index in [0.29, 0.717) is 17.3 Å². The molecule has 1 aliphatic heterocycles. The van der Waals surface area contributed by atoms with Crippen LogP contribution in [0, 0.1) is 0 Å². The van der Waals surface area contributed by atoms with E-state index in [1.165, 1.54) is 0 Å². The van der Waals surface area contributed by atoms with Gasteiger partial charge in [-0.25, -0.2) is 4.79 Å². The highest BCUT2D eigenvalue weighted by atomic mass is 35.5. The van der Waals surface area contributed by atoms with Gasteiger partial charge in [0.05, 0.1) is 11.0 Å². The molecule has 0 fully saturated rings. The zero-order valence-electron chi connectivity index (χ0n) is 17.2. The Bertz CT molecular complexity index is 1350. The quantitative estimate of drug-likeness (QED) is 0.469. The molecular weight excluding hydrogens is 410 g/mol. The molecule has 1 amide bonds. The maximum absolute atomic E-state index is 13.2. The molecule has 156 valence electrons. The Hall–Kier alpha value is -3.31. The van der Waals surface area contributed by atoms with Crippen molar-refractivity contribution in [2.45, 2.75) is 25.9 Å². The summed E-state index contributed by atoms with van der Waals surface area (Å²) in [6, 6.07) is 21.5.